The number of nitrogens with one attached hydrogen (secondary N) is 2. The van der Waals surface area contributed by atoms with E-state index in [4.69, 9.17) is 0 Å². The molecule has 0 bridgehead atoms. The lowest BCUT2D eigenvalue weighted by atomic mass is 10.1. The third-order valence-corrected chi connectivity index (χ3v) is 2.50. The van der Waals surface area contributed by atoms with Gasteiger partial charge in [0.15, 0.2) is 0 Å². The van der Waals surface area contributed by atoms with E-state index in [2.05, 4.69) is 10.6 Å². The maximum Gasteiger partial charge on any atom is 0.240 e. The maximum atomic E-state index is 12.2. The molecule has 1 unspecified atom stereocenters. The van der Waals surface area contributed by atoms with Gasteiger partial charge in [0.05, 0.1) is 12.5 Å². The zero-order valence-electron chi connectivity index (χ0n) is 9.87. The zero-order chi connectivity index (χ0) is 12.0. The van der Waals surface area contributed by atoms with Crippen LogP contribution in [-0.2, 0) is 9.59 Å². The van der Waals surface area contributed by atoms with Crippen molar-refractivity contribution in [1.82, 2.24) is 15.5 Å². The zero-order valence-corrected chi connectivity index (χ0v) is 10.7. The summed E-state index contributed by atoms with van der Waals surface area (Å²) in [5.74, 6) is -0.342. The molecule has 0 saturated carbocycles. The van der Waals surface area contributed by atoms with Crippen molar-refractivity contribution in [3.63, 3.8) is 0 Å². The van der Waals surface area contributed by atoms with Gasteiger partial charge < -0.3 is 15.5 Å². The quantitative estimate of drug-likeness (QED) is 0.719. The summed E-state index contributed by atoms with van der Waals surface area (Å²) in [5, 5.41) is 5.61. The van der Waals surface area contributed by atoms with Crippen molar-refractivity contribution < 1.29 is 14.0 Å². The summed E-state index contributed by atoms with van der Waals surface area (Å²) in [6, 6.07) is -0.508. The first-order valence-electron chi connectivity index (χ1n) is 5.53. The molecule has 1 atom stereocenters. The second-order valence-corrected chi connectivity index (χ2v) is 3.68. The predicted octanol–water partition coefficient (Wildman–Crippen LogP) is -0.296. The van der Waals surface area contributed by atoms with Crippen LogP contribution in [0.25, 0.3) is 0 Å². The highest BCUT2D eigenvalue weighted by Gasteiger charge is 2.29. The third kappa shape index (κ3) is 4.87. The molecule has 2 N–H and O–H groups in total. The standard InChI is InChI=1S/C10H18FN3O2.ClH/c1-2-12-9(15)7-8-10(16)14(5-3-11)6-4-13-8;/h8,13H,2-7H2,1H3,(H,12,15);1H. The van der Waals surface area contributed by atoms with Gasteiger partial charge in [-0.2, -0.15) is 0 Å². The Morgan fingerprint density at radius 1 is 1.65 bits per heavy atom. The van der Waals surface area contributed by atoms with Crippen molar-refractivity contribution in [1.29, 1.82) is 0 Å². The Morgan fingerprint density at radius 3 is 2.94 bits per heavy atom. The molecule has 5 nitrogen and oxygen atoms in total. The monoisotopic (exact) mass is 267 g/mol. The van der Waals surface area contributed by atoms with E-state index in [0.29, 0.717) is 19.6 Å². The van der Waals surface area contributed by atoms with E-state index in [9.17, 15) is 14.0 Å². The lowest BCUT2D eigenvalue weighted by Gasteiger charge is -2.32. The summed E-state index contributed by atoms with van der Waals surface area (Å²) in [7, 11) is 0. The minimum atomic E-state index is -0.542. The van der Waals surface area contributed by atoms with Gasteiger partial charge in [-0.05, 0) is 6.92 Å². The summed E-state index contributed by atoms with van der Waals surface area (Å²) >= 11 is 0. The fourth-order valence-corrected chi connectivity index (χ4v) is 1.73. The highest BCUT2D eigenvalue weighted by Crippen LogP contribution is 2.05. The maximum absolute atomic E-state index is 12.2. The van der Waals surface area contributed by atoms with Gasteiger partial charge in [0.1, 0.15) is 6.67 Å². The topological polar surface area (TPSA) is 61.4 Å². The molecular weight excluding hydrogens is 249 g/mol. The van der Waals surface area contributed by atoms with Crippen LogP contribution in [0.5, 0.6) is 0 Å². The number of nitrogens with zero attached hydrogens (tertiary/aromatic N) is 1. The number of piperazine rings is 1. The third-order valence-electron chi connectivity index (χ3n) is 2.50. The number of carbonyl (C=O) groups excluding carboxylic acids is 2. The van der Waals surface area contributed by atoms with Crippen LogP contribution in [0.2, 0.25) is 0 Å². The first kappa shape index (κ1) is 16.1. The molecule has 7 heteroatoms. The predicted molar refractivity (Wildman–Crippen MR) is 64.9 cm³/mol. The van der Waals surface area contributed by atoms with Crippen LogP contribution in [0.15, 0.2) is 0 Å². The number of hydrogen-bond donors (Lipinski definition) is 2. The lowest BCUT2D eigenvalue weighted by molar-refractivity contribution is -0.138. The second kappa shape index (κ2) is 8.25. The van der Waals surface area contributed by atoms with Gasteiger partial charge in [0, 0.05) is 26.2 Å². The molecule has 0 radical (unpaired) electrons. The molecule has 1 rings (SSSR count). The van der Waals surface area contributed by atoms with Crippen molar-refractivity contribution in [2.45, 2.75) is 19.4 Å². The molecule has 1 saturated heterocycles. The Kier molecular flexibility index (Phi) is 7.82. The molecule has 0 aromatic heterocycles. The van der Waals surface area contributed by atoms with Crippen LogP contribution in [-0.4, -0.2) is 55.6 Å². The van der Waals surface area contributed by atoms with Crippen molar-refractivity contribution in [3.05, 3.63) is 0 Å². The Labute approximate surface area is 107 Å². The van der Waals surface area contributed by atoms with Gasteiger partial charge in [0.2, 0.25) is 11.8 Å². The molecule has 100 valence electrons. The van der Waals surface area contributed by atoms with Gasteiger partial charge in [-0.15, -0.1) is 12.4 Å². The molecule has 0 aromatic carbocycles. The first-order chi connectivity index (χ1) is 7.69. The van der Waals surface area contributed by atoms with Crippen LogP contribution in [0.4, 0.5) is 4.39 Å². The minimum Gasteiger partial charge on any atom is -0.356 e. The average molecular weight is 268 g/mol. The molecule has 1 aliphatic rings. The fourth-order valence-electron chi connectivity index (χ4n) is 1.73. The van der Waals surface area contributed by atoms with Crippen molar-refractivity contribution in [3.8, 4) is 0 Å². The molecule has 1 heterocycles. The van der Waals surface area contributed by atoms with Crippen LogP contribution < -0.4 is 10.6 Å². The van der Waals surface area contributed by atoms with Gasteiger partial charge in [-0.25, -0.2) is 4.39 Å². The Bertz CT molecular complexity index is 264. The molecule has 1 fully saturated rings. The molecule has 1 aliphatic heterocycles. The summed E-state index contributed by atoms with van der Waals surface area (Å²) in [6.07, 6.45) is 0.120. The molecule has 17 heavy (non-hydrogen) atoms. The van der Waals surface area contributed by atoms with Crippen molar-refractivity contribution in [2.24, 2.45) is 0 Å². The Hall–Kier alpha value is -0.880. The van der Waals surface area contributed by atoms with E-state index >= 15 is 0 Å². The second-order valence-electron chi connectivity index (χ2n) is 3.68. The number of halogens is 2. The molecular formula is C10H19ClFN3O2. The van der Waals surface area contributed by atoms with Crippen LogP contribution in [0, 0.1) is 0 Å². The number of amides is 2. The average Bonchev–Trinajstić information content (AvgIpc) is 2.24. The van der Waals surface area contributed by atoms with E-state index in [1.807, 2.05) is 6.92 Å². The van der Waals surface area contributed by atoms with Crippen LogP contribution >= 0.6 is 12.4 Å². The highest BCUT2D eigenvalue weighted by molar-refractivity contribution is 5.88. The van der Waals surface area contributed by atoms with Gasteiger partial charge in [-0.1, -0.05) is 0 Å². The van der Waals surface area contributed by atoms with Gasteiger partial charge in [-0.3, -0.25) is 9.59 Å². The number of alkyl halides is 1. The smallest absolute Gasteiger partial charge is 0.240 e. The van der Waals surface area contributed by atoms with E-state index in [1.165, 1.54) is 4.90 Å². The van der Waals surface area contributed by atoms with Crippen LogP contribution in [0.1, 0.15) is 13.3 Å². The van der Waals surface area contributed by atoms with E-state index in [0.717, 1.165) is 0 Å². The number of carbonyl (C=O) groups is 2. The first-order valence-corrected chi connectivity index (χ1v) is 5.53. The Balaban J connectivity index is 0.00000256. The normalized spacial score (nSPS) is 19.8. The molecule has 0 spiro atoms. The Morgan fingerprint density at radius 2 is 2.35 bits per heavy atom. The van der Waals surface area contributed by atoms with E-state index in [1.54, 1.807) is 0 Å². The van der Waals surface area contributed by atoms with Crippen LogP contribution in [0.3, 0.4) is 0 Å². The number of hydrogen-bond acceptors (Lipinski definition) is 3. The summed E-state index contributed by atoms with van der Waals surface area (Å²) in [4.78, 5) is 24.6. The molecule has 0 aliphatic carbocycles. The summed E-state index contributed by atoms with van der Waals surface area (Å²) in [6.45, 7) is 3.06. The lowest BCUT2D eigenvalue weighted by Crippen LogP contribution is -2.56. The minimum absolute atomic E-state index is 0. The number of rotatable bonds is 5. The summed E-state index contributed by atoms with van der Waals surface area (Å²) < 4.78 is 12.2. The fraction of sp³-hybridized carbons (Fsp3) is 0.800. The van der Waals surface area contributed by atoms with Crippen molar-refractivity contribution in [2.75, 3.05) is 32.9 Å². The van der Waals surface area contributed by atoms with Gasteiger partial charge >= 0.3 is 0 Å². The SMILES string of the molecule is CCNC(=O)CC1NCCN(CCF)C1=O.Cl. The van der Waals surface area contributed by atoms with Crippen molar-refractivity contribution >= 4 is 24.2 Å². The molecule has 0 aromatic rings. The molecule has 2 amide bonds. The summed E-state index contributed by atoms with van der Waals surface area (Å²) in [5.41, 5.74) is 0. The van der Waals surface area contributed by atoms with E-state index in [-0.39, 0.29) is 37.2 Å². The highest BCUT2D eigenvalue weighted by atomic mass is 35.5. The van der Waals surface area contributed by atoms with Gasteiger partial charge in [0.25, 0.3) is 0 Å². The van der Waals surface area contributed by atoms with E-state index < -0.39 is 12.7 Å². The largest absolute Gasteiger partial charge is 0.356 e.